The van der Waals surface area contributed by atoms with Crippen LogP contribution in [0.15, 0.2) is 23.5 Å². The molecule has 0 aromatic heterocycles. The second kappa shape index (κ2) is 5.79. The van der Waals surface area contributed by atoms with Crippen molar-refractivity contribution in [2.24, 2.45) is 34.5 Å². The number of carbonyl (C=O) groups excluding carboxylic acids is 1. The van der Waals surface area contributed by atoms with Crippen LogP contribution in [0.2, 0.25) is 0 Å². The van der Waals surface area contributed by atoms with Crippen molar-refractivity contribution in [3.05, 3.63) is 23.5 Å². The molecule has 6 aliphatic rings. The summed E-state index contributed by atoms with van der Waals surface area (Å²) in [6.45, 7) is 13.3. The fourth-order valence-corrected chi connectivity index (χ4v) is 8.46. The lowest BCUT2D eigenvalue weighted by Gasteiger charge is -2.66. The molecule has 2 aliphatic heterocycles. The molecule has 0 aromatic carbocycles. The molecule has 4 aliphatic carbocycles. The second-order valence-electron chi connectivity index (χ2n) is 11.7. The van der Waals surface area contributed by atoms with E-state index in [1.54, 1.807) is 0 Å². The largest absolute Gasteiger partial charge is 0.498 e. The van der Waals surface area contributed by atoms with Crippen molar-refractivity contribution in [3.63, 3.8) is 0 Å². The van der Waals surface area contributed by atoms with E-state index in [-0.39, 0.29) is 41.0 Å². The molecular weight excluding hydrogens is 380 g/mol. The molecular formula is C25H34O5. The third-order valence-corrected chi connectivity index (χ3v) is 9.26. The van der Waals surface area contributed by atoms with E-state index in [1.807, 2.05) is 13.8 Å². The molecule has 1 spiro atoms. The zero-order valence-corrected chi connectivity index (χ0v) is 18.6. The number of allylic oxidation sites excluding steroid dienone is 2. The molecule has 0 radical (unpaired) electrons. The summed E-state index contributed by atoms with van der Waals surface area (Å²) in [6.07, 6.45) is 3.34. The molecule has 30 heavy (non-hydrogen) atoms. The average molecular weight is 415 g/mol. The SMILES string of the molecule is C=C1C(=O)C23C4CCC1C2OC(C)(C)OC3C(O)C1C4C2=C(CCCO2)CC1(C)C. The molecule has 0 amide bonds. The summed E-state index contributed by atoms with van der Waals surface area (Å²) in [4.78, 5) is 13.9. The van der Waals surface area contributed by atoms with Gasteiger partial charge in [0.2, 0.25) is 0 Å². The van der Waals surface area contributed by atoms with Gasteiger partial charge in [-0.25, -0.2) is 0 Å². The number of Topliss-reactive ketones (excluding diaryl/α,β-unsaturated/α-hetero) is 1. The standard InChI is InChI=1S/C25H34O5/c1-12-14-8-9-15-16-17(23(2,3)11-13-7-6-10-28-19(13)16)18(26)22-25(15,20(12)27)21(14)29-24(4,5)30-22/h14-18,21-22,26H,1,6-11H2,2-5H3. The van der Waals surface area contributed by atoms with E-state index in [9.17, 15) is 9.90 Å². The number of ether oxygens (including phenoxy) is 3. The Kier molecular flexibility index (Phi) is 3.76. The van der Waals surface area contributed by atoms with Gasteiger partial charge in [0.15, 0.2) is 11.6 Å². The van der Waals surface area contributed by atoms with Gasteiger partial charge in [0.05, 0.1) is 30.0 Å². The average Bonchev–Trinajstić information content (AvgIpc) is 2.79. The summed E-state index contributed by atoms with van der Waals surface area (Å²) >= 11 is 0. The number of ketones is 1. The first kappa shape index (κ1) is 19.5. The van der Waals surface area contributed by atoms with Gasteiger partial charge in [-0.05, 0) is 68.4 Å². The Bertz CT molecular complexity index is 869. The number of rotatable bonds is 0. The van der Waals surface area contributed by atoms with Crippen molar-refractivity contribution in [1.29, 1.82) is 0 Å². The number of fused-ring (bicyclic) bond motifs is 3. The molecule has 2 bridgehead atoms. The van der Waals surface area contributed by atoms with Crippen molar-refractivity contribution in [3.8, 4) is 0 Å². The molecule has 2 heterocycles. The molecule has 5 nitrogen and oxygen atoms in total. The highest BCUT2D eigenvalue weighted by Crippen LogP contribution is 2.70. The lowest BCUT2D eigenvalue weighted by Crippen LogP contribution is -2.74. The maximum atomic E-state index is 13.9. The first-order valence-corrected chi connectivity index (χ1v) is 11.7. The minimum Gasteiger partial charge on any atom is -0.498 e. The third kappa shape index (κ3) is 2.12. The quantitative estimate of drug-likeness (QED) is 0.612. The number of aliphatic hydroxyl groups excluding tert-OH is 1. The summed E-state index contributed by atoms with van der Waals surface area (Å²) in [5.74, 6) is 0.449. The van der Waals surface area contributed by atoms with Crippen LogP contribution in [0.25, 0.3) is 0 Å². The number of aliphatic hydroxyl groups is 1. The zero-order chi connectivity index (χ0) is 21.2. The first-order valence-electron chi connectivity index (χ1n) is 11.7. The van der Waals surface area contributed by atoms with E-state index in [4.69, 9.17) is 14.2 Å². The molecule has 8 unspecified atom stereocenters. The van der Waals surface area contributed by atoms with E-state index in [2.05, 4.69) is 20.4 Å². The maximum Gasteiger partial charge on any atom is 0.170 e. The topological polar surface area (TPSA) is 65.0 Å². The highest BCUT2D eigenvalue weighted by Gasteiger charge is 2.77. The Morgan fingerprint density at radius 2 is 1.83 bits per heavy atom. The van der Waals surface area contributed by atoms with Gasteiger partial charge >= 0.3 is 0 Å². The van der Waals surface area contributed by atoms with Crippen molar-refractivity contribution < 1.29 is 24.1 Å². The third-order valence-electron chi connectivity index (χ3n) is 9.26. The van der Waals surface area contributed by atoms with E-state index < -0.39 is 23.4 Å². The van der Waals surface area contributed by atoms with Gasteiger partial charge in [0.25, 0.3) is 0 Å². The Hall–Kier alpha value is -1.17. The molecule has 5 heteroatoms. The molecule has 1 N–H and O–H groups in total. The molecule has 1 saturated heterocycles. The minimum absolute atomic E-state index is 0.00254. The van der Waals surface area contributed by atoms with Crippen LogP contribution in [0.5, 0.6) is 0 Å². The molecule has 0 aromatic rings. The molecule has 8 atom stereocenters. The second-order valence-corrected chi connectivity index (χ2v) is 11.7. The molecule has 3 saturated carbocycles. The van der Waals surface area contributed by atoms with Crippen molar-refractivity contribution in [2.45, 2.75) is 83.9 Å². The van der Waals surface area contributed by atoms with Crippen LogP contribution < -0.4 is 0 Å². The van der Waals surface area contributed by atoms with Crippen LogP contribution in [0.3, 0.4) is 0 Å². The fraction of sp³-hybridized carbons (Fsp3) is 0.800. The fourth-order valence-electron chi connectivity index (χ4n) is 8.46. The molecule has 6 rings (SSSR count). The lowest BCUT2D eigenvalue weighted by atomic mass is 9.44. The zero-order valence-electron chi connectivity index (χ0n) is 18.6. The van der Waals surface area contributed by atoms with E-state index >= 15 is 0 Å². The Morgan fingerprint density at radius 1 is 1.10 bits per heavy atom. The van der Waals surface area contributed by atoms with Crippen molar-refractivity contribution in [2.75, 3.05) is 6.61 Å². The van der Waals surface area contributed by atoms with Gasteiger partial charge in [-0.15, -0.1) is 0 Å². The van der Waals surface area contributed by atoms with Crippen LogP contribution in [0.1, 0.15) is 59.8 Å². The lowest BCUT2D eigenvalue weighted by molar-refractivity contribution is -0.388. The smallest absolute Gasteiger partial charge is 0.170 e. The van der Waals surface area contributed by atoms with Gasteiger partial charge < -0.3 is 19.3 Å². The molecule has 4 fully saturated rings. The van der Waals surface area contributed by atoms with Crippen molar-refractivity contribution in [1.82, 2.24) is 0 Å². The predicted octanol–water partition coefficient (Wildman–Crippen LogP) is 3.76. The van der Waals surface area contributed by atoms with Gasteiger partial charge in [0.1, 0.15) is 6.10 Å². The minimum atomic E-state index is -0.845. The van der Waals surface area contributed by atoms with Crippen LogP contribution in [-0.4, -0.2) is 41.6 Å². The van der Waals surface area contributed by atoms with Crippen LogP contribution in [0.4, 0.5) is 0 Å². The Balaban J connectivity index is 1.59. The van der Waals surface area contributed by atoms with Gasteiger partial charge in [-0.2, -0.15) is 0 Å². The maximum absolute atomic E-state index is 13.9. The van der Waals surface area contributed by atoms with Gasteiger partial charge in [-0.3, -0.25) is 4.79 Å². The van der Waals surface area contributed by atoms with E-state index in [0.717, 1.165) is 44.5 Å². The number of carbonyl (C=O) groups is 1. The highest BCUT2D eigenvalue weighted by atomic mass is 16.7. The van der Waals surface area contributed by atoms with Crippen LogP contribution in [-0.2, 0) is 19.0 Å². The summed E-state index contributed by atoms with van der Waals surface area (Å²) in [5, 5.41) is 11.9. The molecule has 164 valence electrons. The van der Waals surface area contributed by atoms with Crippen LogP contribution in [0, 0.1) is 34.5 Å². The van der Waals surface area contributed by atoms with Gasteiger partial charge in [0, 0.05) is 17.8 Å². The van der Waals surface area contributed by atoms with Crippen molar-refractivity contribution >= 4 is 5.78 Å². The Labute approximate surface area is 178 Å². The number of hydrogen-bond acceptors (Lipinski definition) is 5. The van der Waals surface area contributed by atoms with E-state index in [1.165, 1.54) is 5.57 Å². The first-order chi connectivity index (χ1) is 14.1. The summed E-state index contributed by atoms with van der Waals surface area (Å²) < 4.78 is 19.3. The Morgan fingerprint density at radius 3 is 2.60 bits per heavy atom. The summed E-state index contributed by atoms with van der Waals surface area (Å²) in [6, 6.07) is 0. The highest BCUT2D eigenvalue weighted by molar-refractivity contribution is 6.04. The number of hydrogen-bond donors (Lipinski definition) is 1. The monoisotopic (exact) mass is 414 g/mol. The summed E-state index contributed by atoms with van der Waals surface area (Å²) in [5.41, 5.74) is 1.15. The van der Waals surface area contributed by atoms with E-state index in [0.29, 0.717) is 5.57 Å². The van der Waals surface area contributed by atoms with Gasteiger partial charge in [-0.1, -0.05) is 20.4 Å². The predicted molar refractivity (Wildman–Crippen MR) is 110 cm³/mol. The summed E-state index contributed by atoms with van der Waals surface area (Å²) in [7, 11) is 0. The normalized spacial score (nSPS) is 50.4. The van der Waals surface area contributed by atoms with Crippen LogP contribution >= 0.6 is 0 Å².